The minimum atomic E-state index is -0.00339. The van der Waals surface area contributed by atoms with E-state index in [0.717, 1.165) is 18.9 Å². The van der Waals surface area contributed by atoms with E-state index < -0.39 is 0 Å². The number of hydrogen-bond donors (Lipinski definition) is 1. The van der Waals surface area contributed by atoms with Gasteiger partial charge in [-0.3, -0.25) is 0 Å². The zero-order chi connectivity index (χ0) is 15.4. The van der Waals surface area contributed by atoms with Gasteiger partial charge in [-0.1, -0.05) is 41.0 Å². The van der Waals surface area contributed by atoms with Crippen LogP contribution in [-0.2, 0) is 4.74 Å². The van der Waals surface area contributed by atoms with Gasteiger partial charge in [0.2, 0.25) is 0 Å². The van der Waals surface area contributed by atoms with E-state index in [2.05, 4.69) is 53.8 Å². The van der Waals surface area contributed by atoms with Gasteiger partial charge in [0.15, 0.2) is 0 Å². The Labute approximate surface area is 127 Å². The minimum Gasteiger partial charge on any atom is -0.371 e. The summed E-state index contributed by atoms with van der Waals surface area (Å²) in [5.74, 6) is 0.792. The van der Waals surface area contributed by atoms with Crippen molar-refractivity contribution in [3.63, 3.8) is 0 Å². The van der Waals surface area contributed by atoms with Crippen LogP contribution in [0.5, 0.6) is 0 Å². The summed E-state index contributed by atoms with van der Waals surface area (Å²) < 4.78 is 6.50. The van der Waals surface area contributed by atoms with Gasteiger partial charge in [-0.05, 0) is 57.4 Å². The van der Waals surface area contributed by atoms with Crippen LogP contribution in [0.2, 0.25) is 0 Å². The van der Waals surface area contributed by atoms with Gasteiger partial charge in [0.25, 0.3) is 0 Å². The first-order valence-corrected chi connectivity index (χ1v) is 8.67. The number of likely N-dealkylation sites (N-methyl/N-ethyl adjacent to an activating group) is 1. The number of ether oxygens (including phenoxy) is 1. The van der Waals surface area contributed by atoms with Gasteiger partial charge in [-0.25, -0.2) is 0 Å². The molecule has 20 heavy (non-hydrogen) atoms. The highest BCUT2D eigenvalue weighted by molar-refractivity contribution is 4.92. The van der Waals surface area contributed by atoms with Crippen LogP contribution in [0, 0.1) is 11.3 Å². The molecule has 1 saturated carbocycles. The molecule has 2 nitrogen and oxygen atoms in total. The Bertz CT molecular complexity index is 285. The fourth-order valence-corrected chi connectivity index (χ4v) is 3.25. The van der Waals surface area contributed by atoms with Gasteiger partial charge in [0.1, 0.15) is 0 Å². The molecular weight excluding hydrogens is 246 g/mol. The molecule has 0 aliphatic heterocycles. The predicted molar refractivity (Wildman–Crippen MR) is 88.1 cm³/mol. The van der Waals surface area contributed by atoms with Crippen LogP contribution < -0.4 is 5.32 Å². The third-order valence-electron chi connectivity index (χ3n) is 5.60. The Kier molecular flexibility index (Phi) is 6.53. The molecule has 0 amide bonds. The molecule has 120 valence electrons. The molecule has 1 fully saturated rings. The lowest BCUT2D eigenvalue weighted by atomic mass is 9.68. The number of nitrogens with one attached hydrogen (secondary N) is 1. The van der Waals surface area contributed by atoms with E-state index in [1.54, 1.807) is 0 Å². The van der Waals surface area contributed by atoms with E-state index in [4.69, 9.17) is 4.74 Å². The first kappa shape index (κ1) is 18.0. The highest BCUT2D eigenvalue weighted by Crippen LogP contribution is 2.42. The Hall–Kier alpha value is -0.0800. The zero-order valence-electron chi connectivity index (χ0n) is 14.9. The maximum Gasteiger partial charge on any atom is 0.0738 e. The molecule has 3 atom stereocenters. The summed E-state index contributed by atoms with van der Waals surface area (Å²) >= 11 is 0. The molecule has 1 rings (SSSR count). The SMILES string of the molecule is CCNC1CCC(C(C)(C)CC)CC1OC(C)(C)CC. The van der Waals surface area contributed by atoms with Crippen molar-refractivity contribution in [3.05, 3.63) is 0 Å². The third-order valence-corrected chi connectivity index (χ3v) is 5.60. The molecule has 0 aromatic rings. The normalized spacial score (nSPS) is 28.6. The largest absolute Gasteiger partial charge is 0.371 e. The highest BCUT2D eigenvalue weighted by atomic mass is 16.5. The van der Waals surface area contributed by atoms with Crippen molar-refractivity contribution in [1.29, 1.82) is 0 Å². The van der Waals surface area contributed by atoms with Crippen LogP contribution in [0.25, 0.3) is 0 Å². The highest BCUT2D eigenvalue weighted by Gasteiger charge is 2.39. The second-order valence-electron chi connectivity index (χ2n) is 7.79. The van der Waals surface area contributed by atoms with Crippen LogP contribution in [0.3, 0.4) is 0 Å². The lowest BCUT2D eigenvalue weighted by Crippen LogP contribution is -2.50. The standard InChI is InChI=1S/C18H37NO/c1-8-17(4,5)14-11-12-15(19-10-3)16(13-14)20-18(6,7)9-2/h14-16,19H,8-13H2,1-7H3. The van der Waals surface area contributed by atoms with E-state index in [0.29, 0.717) is 17.6 Å². The molecule has 1 aliphatic carbocycles. The second kappa shape index (κ2) is 7.26. The van der Waals surface area contributed by atoms with Crippen molar-refractivity contribution in [2.45, 2.75) is 98.3 Å². The van der Waals surface area contributed by atoms with Crippen molar-refractivity contribution in [2.24, 2.45) is 11.3 Å². The summed E-state index contributed by atoms with van der Waals surface area (Å²) in [6.07, 6.45) is 6.51. The molecule has 1 aliphatic rings. The van der Waals surface area contributed by atoms with Gasteiger partial charge in [0.05, 0.1) is 11.7 Å². The van der Waals surface area contributed by atoms with Crippen LogP contribution in [0.4, 0.5) is 0 Å². The summed E-state index contributed by atoms with van der Waals surface area (Å²) in [7, 11) is 0. The molecule has 3 unspecified atom stereocenters. The first-order valence-electron chi connectivity index (χ1n) is 8.67. The third kappa shape index (κ3) is 4.73. The van der Waals surface area contributed by atoms with Crippen LogP contribution in [-0.4, -0.2) is 24.3 Å². The minimum absolute atomic E-state index is 0.00339. The van der Waals surface area contributed by atoms with Crippen molar-refractivity contribution >= 4 is 0 Å². The zero-order valence-corrected chi connectivity index (χ0v) is 14.9. The van der Waals surface area contributed by atoms with Crippen molar-refractivity contribution in [2.75, 3.05) is 6.54 Å². The monoisotopic (exact) mass is 283 g/mol. The maximum absolute atomic E-state index is 6.50. The van der Waals surface area contributed by atoms with E-state index in [1.165, 1.54) is 25.7 Å². The van der Waals surface area contributed by atoms with Crippen molar-refractivity contribution in [1.82, 2.24) is 5.32 Å². The Balaban J connectivity index is 2.77. The van der Waals surface area contributed by atoms with E-state index >= 15 is 0 Å². The molecule has 2 heteroatoms. The fraction of sp³-hybridized carbons (Fsp3) is 1.00. The van der Waals surface area contributed by atoms with Gasteiger partial charge in [-0.15, -0.1) is 0 Å². The fourth-order valence-electron chi connectivity index (χ4n) is 3.25. The molecule has 0 aromatic carbocycles. The quantitative estimate of drug-likeness (QED) is 0.726. The van der Waals surface area contributed by atoms with E-state index in [9.17, 15) is 0 Å². The summed E-state index contributed by atoms with van der Waals surface area (Å²) in [6.45, 7) is 17.1. The second-order valence-corrected chi connectivity index (χ2v) is 7.79. The van der Waals surface area contributed by atoms with Crippen LogP contribution in [0.15, 0.2) is 0 Å². The predicted octanol–water partition coefficient (Wildman–Crippen LogP) is 4.77. The lowest BCUT2D eigenvalue weighted by Gasteiger charge is -2.45. The van der Waals surface area contributed by atoms with Gasteiger partial charge in [-0.2, -0.15) is 0 Å². The summed E-state index contributed by atoms with van der Waals surface area (Å²) in [6, 6.07) is 0.537. The summed E-state index contributed by atoms with van der Waals surface area (Å²) in [4.78, 5) is 0. The molecule has 0 radical (unpaired) electrons. The molecule has 0 heterocycles. The summed E-state index contributed by atoms with van der Waals surface area (Å²) in [5, 5.41) is 3.65. The van der Waals surface area contributed by atoms with E-state index in [-0.39, 0.29) is 5.60 Å². The summed E-state index contributed by atoms with van der Waals surface area (Å²) in [5.41, 5.74) is 0.436. The Morgan fingerprint density at radius 1 is 1.00 bits per heavy atom. The average Bonchev–Trinajstić information content (AvgIpc) is 2.40. The molecule has 0 saturated heterocycles. The molecule has 1 N–H and O–H groups in total. The first-order chi connectivity index (χ1) is 9.25. The van der Waals surface area contributed by atoms with Gasteiger partial charge in [0, 0.05) is 6.04 Å². The average molecular weight is 284 g/mol. The Morgan fingerprint density at radius 2 is 1.65 bits per heavy atom. The topological polar surface area (TPSA) is 21.3 Å². The number of hydrogen-bond acceptors (Lipinski definition) is 2. The van der Waals surface area contributed by atoms with Gasteiger partial charge < -0.3 is 10.1 Å². The number of rotatable bonds is 7. The molecule has 0 spiro atoms. The van der Waals surface area contributed by atoms with Crippen LogP contribution >= 0.6 is 0 Å². The molecular formula is C18H37NO. The molecule has 0 aromatic heterocycles. The smallest absolute Gasteiger partial charge is 0.0738 e. The lowest BCUT2D eigenvalue weighted by molar-refractivity contribution is -0.115. The molecule has 0 bridgehead atoms. The van der Waals surface area contributed by atoms with Crippen LogP contribution in [0.1, 0.15) is 80.6 Å². The maximum atomic E-state index is 6.50. The van der Waals surface area contributed by atoms with E-state index in [1.807, 2.05) is 0 Å². The van der Waals surface area contributed by atoms with Crippen molar-refractivity contribution < 1.29 is 4.74 Å². The Morgan fingerprint density at radius 3 is 2.15 bits per heavy atom. The van der Waals surface area contributed by atoms with Crippen molar-refractivity contribution in [3.8, 4) is 0 Å². The van der Waals surface area contributed by atoms with Gasteiger partial charge >= 0.3 is 0 Å².